The van der Waals surface area contributed by atoms with Crippen molar-refractivity contribution in [3.05, 3.63) is 35.9 Å². The van der Waals surface area contributed by atoms with Crippen LogP contribution < -0.4 is 10.6 Å². The number of benzene rings is 1. The van der Waals surface area contributed by atoms with Crippen LogP contribution in [0.5, 0.6) is 0 Å². The molecule has 0 saturated heterocycles. The summed E-state index contributed by atoms with van der Waals surface area (Å²) in [5, 5.41) is 5.30. The monoisotopic (exact) mass is 262 g/mol. The van der Waals surface area contributed by atoms with Crippen molar-refractivity contribution >= 4 is 11.8 Å². The number of carbonyl (C=O) groups excluding carboxylic acids is 2. The van der Waals surface area contributed by atoms with Crippen LogP contribution in [0.25, 0.3) is 0 Å². The predicted octanol–water partition coefficient (Wildman–Crippen LogP) is 1.82. The van der Waals surface area contributed by atoms with E-state index in [0.717, 1.165) is 12.0 Å². The van der Waals surface area contributed by atoms with Crippen molar-refractivity contribution in [2.75, 3.05) is 6.54 Å². The minimum atomic E-state index is -0.567. The van der Waals surface area contributed by atoms with E-state index in [1.807, 2.05) is 51.1 Å². The molecule has 4 heteroatoms. The second-order valence-electron chi connectivity index (χ2n) is 4.80. The van der Waals surface area contributed by atoms with E-state index in [-0.39, 0.29) is 12.0 Å². The van der Waals surface area contributed by atoms with E-state index >= 15 is 0 Å². The topological polar surface area (TPSA) is 58.2 Å². The number of nitrogens with one attached hydrogen (secondary N) is 2. The molecular formula is C15H22N2O2. The lowest BCUT2D eigenvalue weighted by Crippen LogP contribution is -2.44. The van der Waals surface area contributed by atoms with E-state index in [9.17, 15) is 9.59 Å². The van der Waals surface area contributed by atoms with Gasteiger partial charge in [0.2, 0.25) is 0 Å². The largest absolute Gasteiger partial charge is 0.347 e. The van der Waals surface area contributed by atoms with Gasteiger partial charge in [0.1, 0.15) is 0 Å². The minimum Gasteiger partial charge on any atom is -0.347 e. The van der Waals surface area contributed by atoms with Crippen LogP contribution in [0.4, 0.5) is 0 Å². The summed E-state index contributed by atoms with van der Waals surface area (Å²) in [4.78, 5) is 23.1. The first kappa shape index (κ1) is 15.2. The molecule has 1 aromatic carbocycles. The van der Waals surface area contributed by atoms with Gasteiger partial charge < -0.3 is 10.6 Å². The maximum atomic E-state index is 11.6. The van der Waals surface area contributed by atoms with Gasteiger partial charge in [-0.25, -0.2) is 0 Å². The van der Waals surface area contributed by atoms with Crippen molar-refractivity contribution < 1.29 is 9.59 Å². The molecular weight excluding hydrogens is 240 g/mol. The lowest BCUT2D eigenvalue weighted by molar-refractivity contribution is -0.139. The van der Waals surface area contributed by atoms with E-state index < -0.39 is 11.8 Å². The fourth-order valence-corrected chi connectivity index (χ4v) is 1.62. The molecule has 19 heavy (non-hydrogen) atoms. The maximum absolute atomic E-state index is 11.6. The number of rotatable bonds is 5. The summed E-state index contributed by atoms with van der Waals surface area (Å²) in [5.74, 6) is -0.945. The van der Waals surface area contributed by atoms with Crippen LogP contribution in [0.3, 0.4) is 0 Å². The summed E-state index contributed by atoms with van der Waals surface area (Å²) in [6, 6.07) is 9.91. The molecule has 0 radical (unpaired) electrons. The lowest BCUT2D eigenvalue weighted by atomic mass is 10.0. The van der Waals surface area contributed by atoms with Gasteiger partial charge in [0.15, 0.2) is 0 Å². The van der Waals surface area contributed by atoms with Gasteiger partial charge in [-0.15, -0.1) is 0 Å². The Morgan fingerprint density at radius 2 is 1.74 bits per heavy atom. The molecule has 1 rings (SSSR count). The Balaban J connectivity index is 2.40. The Labute approximate surface area is 114 Å². The Hall–Kier alpha value is -1.84. The highest BCUT2D eigenvalue weighted by Crippen LogP contribution is 2.12. The summed E-state index contributed by atoms with van der Waals surface area (Å²) in [6.45, 7) is 6.30. The molecule has 0 fully saturated rings. The molecule has 1 aromatic rings. The Morgan fingerprint density at radius 3 is 2.32 bits per heavy atom. The van der Waals surface area contributed by atoms with Crippen LogP contribution in [-0.2, 0) is 9.59 Å². The first-order chi connectivity index (χ1) is 9.04. The van der Waals surface area contributed by atoms with Gasteiger partial charge in [-0.1, -0.05) is 44.2 Å². The lowest BCUT2D eigenvalue weighted by Gasteiger charge is -2.14. The van der Waals surface area contributed by atoms with Crippen LogP contribution >= 0.6 is 0 Å². The van der Waals surface area contributed by atoms with Gasteiger partial charge >= 0.3 is 11.8 Å². The summed E-state index contributed by atoms with van der Waals surface area (Å²) >= 11 is 0. The molecule has 0 aliphatic heterocycles. The molecule has 0 aromatic heterocycles. The first-order valence-electron chi connectivity index (χ1n) is 6.68. The Morgan fingerprint density at radius 1 is 1.11 bits per heavy atom. The normalized spacial score (nSPS) is 13.4. The third-order valence-electron chi connectivity index (χ3n) is 3.13. The second kappa shape index (κ2) is 7.56. The van der Waals surface area contributed by atoms with Crippen molar-refractivity contribution in [1.29, 1.82) is 0 Å². The number of amides is 2. The number of carbonyl (C=O) groups is 2. The minimum absolute atomic E-state index is 0.0183. The van der Waals surface area contributed by atoms with Gasteiger partial charge in [-0.3, -0.25) is 9.59 Å². The fourth-order valence-electron chi connectivity index (χ4n) is 1.62. The highest BCUT2D eigenvalue weighted by molar-refractivity contribution is 6.35. The van der Waals surface area contributed by atoms with E-state index in [1.54, 1.807) is 0 Å². The van der Waals surface area contributed by atoms with Gasteiger partial charge in [0.25, 0.3) is 0 Å². The third kappa shape index (κ3) is 5.12. The van der Waals surface area contributed by atoms with Crippen LogP contribution in [0, 0.1) is 0 Å². The maximum Gasteiger partial charge on any atom is 0.309 e. The van der Waals surface area contributed by atoms with E-state index in [0.29, 0.717) is 6.54 Å². The van der Waals surface area contributed by atoms with Crippen LogP contribution in [0.2, 0.25) is 0 Å². The third-order valence-corrected chi connectivity index (χ3v) is 3.13. The van der Waals surface area contributed by atoms with Crippen molar-refractivity contribution in [2.24, 2.45) is 0 Å². The van der Waals surface area contributed by atoms with Gasteiger partial charge in [0.05, 0.1) is 0 Å². The van der Waals surface area contributed by atoms with Crippen LogP contribution in [-0.4, -0.2) is 24.4 Å². The van der Waals surface area contributed by atoms with Gasteiger partial charge in [0, 0.05) is 12.6 Å². The Bertz CT molecular complexity index is 417. The molecule has 0 unspecified atom stereocenters. The molecule has 104 valence electrons. The molecule has 4 nitrogen and oxygen atoms in total. The van der Waals surface area contributed by atoms with Crippen molar-refractivity contribution in [3.8, 4) is 0 Å². The van der Waals surface area contributed by atoms with Crippen LogP contribution in [0.15, 0.2) is 30.3 Å². The number of hydrogen-bond acceptors (Lipinski definition) is 2. The van der Waals surface area contributed by atoms with Crippen molar-refractivity contribution in [2.45, 2.75) is 39.2 Å². The molecule has 0 bridgehead atoms. The van der Waals surface area contributed by atoms with Gasteiger partial charge in [-0.2, -0.15) is 0 Å². The molecule has 0 heterocycles. The molecule has 0 spiro atoms. The van der Waals surface area contributed by atoms with Crippen molar-refractivity contribution in [3.63, 3.8) is 0 Å². The number of hydrogen-bond donors (Lipinski definition) is 2. The quantitative estimate of drug-likeness (QED) is 0.795. The molecule has 2 atom stereocenters. The fraction of sp³-hybridized carbons (Fsp3) is 0.467. The molecule has 2 amide bonds. The average Bonchev–Trinajstić information content (AvgIpc) is 2.44. The van der Waals surface area contributed by atoms with E-state index in [2.05, 4.69) is 10.6 Å². The van der Waals surface area contributed by atoms with E-state index in [1.165, 1.54) is 0 Å². The average molecular weight is 262 g/mol. The standard InChI is InChI=1S/C15H22N2O2/c1-4-12(3)17-15(19)14(18)16-10-11(2)13-8-6-5-7-9-13/h5-9,11-12H,4,10H2,1-3H3,(H,16,18)(H,17,19)/t11-,12+/m0/s1. The smallest absolute Gasteiger partial charge is 0.309 e. The summed E-state index contributed by atoms with van der Waals surface area (Å²) in [6.07, 6.45) is 0.805. The summed E-state index contributed by atoms with van der Waals surface area (Å²) < 4.78 is 0. The van der Waals surface area contributed by atoms with Crippen LogP contribution in [0.1, 0.15) is 38.7 Å². The second-order valence-corrected chi connectivity index (χ2v) is 4.80. The zero-order valence-corrected chi connectivity index (χ0v) is 11.8. The highest BCUT2D eigenvalue weighted by atomic mass is 16.2. The SMILES string of the molecule is CC[C@@H](C)NC(=O)C(=O)NC[C@H](C)c1ccccc1. The van der Waals surface area contributed by atoms with Gasteiger partial charge in [-0.05, 0) is 24.8 Å². The zero-order chi connectivity index (χ0) is 14.3. The summed E-state index contributed by atoms with van der Waals surface area (Å²) in [7, 11) is 0. The van der Waals surface area contributed by atoms with E-state index in [4.69, 9.17) is 0 Å². The molecule has 0 aliphatic carbocycles. The Kier molecular flexibility index (Phi) is 6.06. The predicted molar refractivity (Wildman–Crippen MR) is 75.8 cm³/mol. The molecule has 2 N–H and O–H groups in total. The molecule has 0 saturated carbocycles. The highest BCUT2D eigenvalue weighted by Gasteiger charge is 2.16. The molecule has 0 aliphatic rings. The van der Waals surface area contributed by atoms with Crippen molar-refractivity contribution in [1.82, 2.24) is 10.6 Å². The summed E-state index contributed by atoms with van der Waals surface area (Å²) in [5.41, 5.74) is 1.14. The first-order valence-corrected chi connectivity index (χ1v) is 6.68. The zero-order valence-electron chi connectivity index (χ0n) is 11.8.